The van der Waals surface area contributed by atoms with E-state index in [4.69, 9.17) is 0 Å². The number of amides is 1. The highest BCUT2D eigenvalue weighted by Crippen LogP contribution is 2.14. The summed E-state index contributed by atoms with van der Waals surface area (Å²) in [6.07, 6.45) is 5.72. The van der Waals surface area contributed by atoms with Crippen LogP contribution in [0.15, 0.2) is 12.4 Å². The molecule has 1 N–H and O–H groups in total. The van der Waals surface area contributed by atoms with E-state index in [0.717, 1.165) is 31.2 Å². The van der Waals surface area contributed by atoms with Crippen LogP contribution in [0.1, 0.15) is 35.9 Å². The fourth-order valence-electron chi connectivity index (χ4n) is 2.42. The predicted molar refractivity (Wildman–Crippen MR) is 73.9 cm³/mol. The predicted octanol–water partition coefficient (Wildman–Crippen LogP) is 1.25. The average molecular weight is 262 g/mol. The number of likely N-dealkylation sites (tertiary alicyclic amines) is 1. The molecule has 19 heavy (non-hydrogen) atoms. The number of carbonyl (C=O) groups is 1. The Morgan fingerprint density at radius 3 is 3.00 bits per heavy atom. The van der Waals surface area contributed by atoms with Crippen LogP contribution in [0.5, 0.6) is 0 Å². The maximum absolute atomic E-state index is 11.8. The molecule has 2 rings (SSSR count). The van der Waals surface area contributed by atoms with Crippen molar-refractivity contribution in [1.82, 2.24) is 20.2 Å². The Balaban J connectivity index is 1.73. The molecule has 1 aliphatic heterocycles. The summed E-state index contributed by atoms with van der Waals surface area (Å²) in [6, 6.07) is 0. The molecule has 1 atom stereocenters. The summed E-state index contributed by atoms with van der Waals surface area (Å²) < 4.78 is 0. The molecular formula is C14H22N4O. The van der Waals surface area contributed by atoms with Gasteiger partial charge in [-0.15, -0.1) is 0 Å². The molecule has 1 aromatic heterocycles. The third kappa shape index (κ3) is 4.28. The second kappa shape index (κ2) is 6.61. The summed E-state index contributed by atoms with van der Waals surface area (Å²) in [6.45, 7) is 8.00. The minimum atomic E-state index is -0.141. The van der Waals surface area contributed by atoms with Crippen molar-refractivity contribution in [1.29, 1.82) is 0 Å². The molecule has 5 nitrogen and oxygen atoms in total. The number of hydrogen-bond acceptors (Lipinski definition) is 4. The number of aromatic nitrogens is 2. The van der Waals surface area contributed by atoms with E-state index in [2.05, 4.69) is 27.1 Å². The van der Waals surface area contributed by atoms with Gasteiger partial charge in [0.15, 0.2) is 0 Å². The molecule has 1 fully saturated rings. The molecule has 2 heterocycles. The Morgan fingerprint density at radius 1 is 1.47 bits per heavy atom. The topological polar surface area (TPSA) is 58.1 Å². The quantitative estimate of drug-likeness (QED) is 0.887. The number of aryl methyl sites for hydroxylation is 1. The minimum Gasteiger partial charge on any atom is -0.349 e. The van der Waals surface area contributed by atoms with Crippen LogP contribution < -0.4 is 5.32 Å². The maximum atomic E-state index is 11.8. The van der Waals surface area contributed by atoms with E-state index >= 15 is 0 Å². The normalized spacial score (nSPS) is 20.2. The second-order valence-corrected chi connectivity index (χ2v) is 5.35. The Labute approximate surface area is 114 Å². The minimum absolute atomic E-state index is 0.141. The second-order valence-electron chi connectivity index (χ2n) is 5.35. The summed E-state index contributed by atoms with van der Waals surface area (Å²) >= 11 is 0. The van der Waals surface area contributed by atoms with Gasteiger partial charge in [-0.1, -0.05) is 6.92 Å². The fraction of sp³-hybridized carbons (Fsp3) is 0.643. The highest BCUT2D eigenvalue weighted by molar-refractivity contribution is 5.91. The zero-order valence-electron chi connectivity index (χ0n) is 11.7. The molecule has 5 heteroatoms. The third-order valence-corrected chi connectivity index (χ3v) is 3.47. The number of hydrogen-bond donors (Lipinski definition) is 1. The molecule has 1 aliphatic rings. The van der Waals surface area contributed by atoms with E-state index in [9.17, 15) is 4.79 Å². The summed E-state index contributed by atoms with van der Waals surface area (Å²) in [5.41, 5.74) is 1.21. The third-order valence-electron chi connectivity index (χ3n) is 3.47. The van der Waals surface area contributed by atoms with Crippen molar-refractivity contribution >= 4 is 5.91 Å². The first kappa shape index (κ1) is 13.9. The monoisotopic (exact) mass is 262 g/mol. The standard InChI is InChI=1S/C14H22N4O/c1-11-4-3-6-18(10-11)7-5-15-14(19)13-9-16-12(2)8-17-13/h8-9,11H,3-7,10H2,1-2H3,(H,15,19)/t11-/m1/s1. The number of carbonyl (C=O) groups excluding carboxylic acids is 1. The summed E-state index contributed by atoms with van der Waals surface area (Å²) in [4.78, 5) is 22.4. The van der Waals surface area contributed by atoms with Crippen molar-refractivity contribution in [2.45, 2.75) is 26.7 Å². The molecule has 1 aromatic rings. The first-order valence-electron chi connectivity index (χ1n) is 6.94. The van der Waals surface area contributed by atoms with Gasteiger partial charge in [-0.3, -0.25) is 9.78 Å². The fourth-order valence-corrected chi connectivity index (χ4v) is 2.42. The van der Waals surface area contributed by atoms with E-state index in [1.165, 1.54) is 19.0 Å². The van der Waals surface area contributed by atoms with Gasteiger partial charge in [-0.2, -0.15) is 0 Å². The van der Waals surface area contributed by atoms with E-state index in [1.54, 1.807) is 6.20 Å². The lowest BCUT2D eigenvalue weighted by Gasteiger charge is -2.30. The molecule has 0 saturated carbocycles. The van der Waals surface area contributed by atoms with Crippen molar-refractivity contribution in [3.8, 4) is 0 Å². The van der Waals surface area contributed by atoms with E-state index < -0.39 is 0 Å². The van der Waals surface area contributed by atoms with Crippen LogP contribution in [0.3, 0.4) is 0 Å². The van der Waals surface area contributed by atoms with Crippen LogP contribution in [0, 0.1) is 12.8 Å². The van der Waals surface area contributed by atoms with Gasteiger partial charge in [-0.05, 0) is 32.2 Å². The highest BCUT2D eigenvalue weighted by Gasteiger charge is 2.16. The van der Waals surface area contributed by atoms with E-state index in [0.29, 0.717) is 12.2 Å². The first-order valence-corrected chi connectivity index (χ1v) is 6.94. The smallest absolute Gasteiger partial charge is 0.271 e. The van der Waals surface area contributed by atoms with Gasteiger partial charge in [0, 0.05) is 25.8 Å². The molecule has 0 radical (unpaired) electrons. The molecule has 1 amide bonds. The molecule has 0 aliphatic carbocycles. The summed E-state index contributed by atoms with van der Waals surface area (Å²) in [5, 5.41) is 2.90. The lowest BCUT2D eigenvalue weighted by Crippen LogP contribution is -2.40. The lowest BCUT2D eigenvalue weighted by molar-refractivity contribution is 0.0938. The van der Waals surface area contributed by atoms with Crippen molar-refractivity contribution < 1.29 is 4.79 Å². The van der Waals surface area contributed by atoms with Gasteiger partial charge < -0.3 is 10.2 Å². The van der Waals surface area contributed by atoms with Crippen LogP contribution in [-0.4, -0.2) is 47.0 Å². The zero-order chi connectivity index (χ0) is 13.7. The van der Waals surface area contributed by atoms with E-state index in [1.807, 2.05) is 6.92 Å². The van der Waals surface area contributed by atoms with Crippen molar-refractivity contribution in [3.63, 3.8) is 0 Å². The molecule has 0 bridgehead atoms. The number of nitrogens with one attached hydrogen (secondary N) is 1. The molecule has 0 spiro atoms. The highest BCUT2D eigenvalue weighted by atomic mass is 16.1. The number of piperidine rings is 1. The first-order chi connectivity index (χ1) is 9.15. The van der Waals surface area contributed by atoms with Gasteiger partial charge in [0.05, 0.1) is 11.9 Å². The summed E-state index contributed by atoms with van der Waals surface area (Å²) in [5.74, 6) is 0.630. The summed E-state index contributed by atoms with van der Waals surface area (Å²) in [7, 11) is 0. The van der Waals surface area contributed by atoms with Crippen molar-refractivity contribution in [2.24, 2.45) is 5.92 Å². The molecule has 104 valence electrons. The van der Waals surface area contributed by atoms with Crippen LogP contribution in [-0.2, 0) is 0 Å². The van der Waals surface area contributed by atoms with Gasteiger partial charge >= 0.3 is 0 Å². The van der Waals surface area contributed by atoms with Crippen molar-refractivity contribution in [2.75, 3.05) is 26.2 Å². The SMILES string of the molecule is Cc1cnc(C(=O)NCCN2CCC[C@@H](C)C2)cn1. The Bertz CT molecular complexity index is 418. The molecule has 0 unspecified atom stereocenters. The number of rotatable bonds is 4. The van der Waals surface area contributed by atoms with Gasteiger partial charge in [0.25, 0.3) is 5.91 Å². The van der Waals surface area contributed by atoms with Crippen LogP contribution in [0.2, 0.25) is 0 Å². The Kier molecular flexibility index (Phi) is 4.85. The van der Waals surface area contributed by atoms with Crippen LogP contribution >= 0.6 is 0 Å². The van der Waals surface area contributed by atoms with E-state index in [-0.39, 0.29) is 5.91 Å². The maximum Gasteiger partial charge on any atom is 0.271 e. The molecular weight excluding hydrogens is 240 g/mol. The molecule has 1 saturated heterocycles. The number of nitrogens with zero attached hydrogens (tertiary/aromatic N) is 3. The van der Waals surface area contributed by atoms with Crippen LogP contribution in [0.4, 0.5) is 0 Å². The largest absolute Gasteiger partial charge is 0.349 e. The molecule has 0 aromatic carbocycles. The van der Waals surface area contributed by atoms with Crippen LogP contribution in [0.25, 0.3) is 0 Å². The Hall–Kier alpha value is -1.49. The van der Waals surface area contributed by atoms with Gasteiger partial charge in [0.2, 0.25) is 0 Å². The lowest BCUT2D eigenvalue weighted by atomic mass is 10.0. The van der Waals surface area contributed by atoms with Gasteiger partial charge in [-0.25, -0.2) is 4.98 Å². The van der Waals surface area contributed by atoms with Gasteiger partial charge in [0.1, 0.15) is 5.69 Å². The zero-order valence-corrected chi connectivity index (χ0v) is 11.7. The average Bonchev–Trinajstić information content (AvgIpc) is 2.39. The Morgan fingerprint density at radius 2 is 2.32 bits per heavy atom. The van der Waals surface area contributed by atoms with Crippen molar-refractivity contribution in [3.05, 3.63) is 23.8 Å².